The molecule has 0 bridgehead atoms. The van der Waals surface area contributed by atoms with Crippen LogP contribution in [0.5, 0.6) is 0 Å². The van der Waals surface area contributed by atoms with E-state index in [9.17, 15) is 0 Å². The quantitative estimate of drug-likeness (QED) is 0.202. The molecule has 0 aromatic heterocycles. The van der Waals surface area contributed by atoms with Crippen molar-refractivity contribution in [2.24, 2.45) is 5.73 Å². The maximum absolute atomic E-state index is 4.71. The fourth-order valence-electron chi connectivity index (χ4n) is 3.21. The number of thiol groups is 1. The molecular weight excluding hydrogens is 372 g/mol. The van der Waals surface area contributed by atoms with Gasteiger partial charge in [-0.15, -0.1) is 12.6 Å². The first-order chi connectivity index (χ1) is 11.1. The largest absolute Gasteiger partial charge is 0.385 e. The van der Waals surface area contributed by atoms with Crippen LogP contribution in [0.3, 0.4) is 0 Å². The fourth-order valence-corrected chi connectivity index (χ4v) is 11.6. The number of hydrogen-bond donors (Lipinski definition) is 2. The SMILES string of the molecule is CCCCC[CH2][Zn]([CH2]CCCCC)[c]1ccccc1.NC(=S)S. The van der Waals surface area contributed by atoms with E-state index in [-0.39, 0.29) is 4.32 Å². The molecule has 0 heterocycles. The van der Waals surface area contributed by atoms with Crippen LogP contribution in [-0.2, 0) is 16.0 Å². The van der Waals surface area contributed by atoms with E-state index in [1.54, 1.807) is 14.2 Å². The summed E-state index contributed by atoms with van der Waals surface area (Å²) in [4.78, 5) is 0. The first kappa shape index (κ1) is 23.1. The number of hydrogen-bond acceptors (Lipinski definition) is 1. The monoisotopic (exact) mass is 404 g/mol. The predicted octanol–water partition coefficient (Wildman–Crippen LogP) is 6.09. The first-order valence-corrected chi connectivity index (χ1v) is 15.9. The molecule has 0 amide bonds. The van der Waals surface area contributed by atoms with Crippen LogP contribution in [0.15, 0.2) is 30.3 Å². The van der Waals surface area contributed by atoms with Crippen LogP contribution >= 0.6 is 24.8 Å². The summed E-state index contributed by atoms with van der Waals surface area (Å²) in [6, 6.07) is 11.5. The minimum absolute atomic E-state index is 0.194. The molecule has 0 saturated carbocycles. The first-order valence-electron chi connectivity index (χ1n) is 9.39. The summed E-state index contributed by atoms with van der Waals surface area (Å²) in [5.74, 6) is 0. The molecule has 1 nitrogen and oxygen atoms in total. The van der Waals surface area contributed by atoms with Gasteiger partial charge in [0.05, 0.1) is 0 Å². The van der Waals surface area contributed by atoms with Crippen LogP contribution in [0.2, 0.25) is 10.0 Å². The Morgan fingerprint density at radius 1 is 0.913 bits per heavy atom. The van der Waals surface area contributed by atoms with E-state index < -0.39 is 16.0 Å². The van der Waals surface area contributed by atoms with Crippen molar-refractivity contribution in [2.75, 3.05) is 0 Å². The molecule has 0 aliphatic rings. The molecule has 0 spiro atoms. The predicted molar refractivity (Wildman–Crippen MR) is 110 cm³/mol. The number of unbranched alkanes of at least 4 members (excludes halogenated alkanes) is 6. The molecule has 1 rings (SSSR count). The minimum Gasteiger partial charge on any atom is -0.385 e. The van der Waals surface area contributed by atoms with Gasteiger partial charge in [-0.3, -0.25) is 0 Å². The van der Waals surface area contributed by atoms with Crippen molar-refractivity contribution >= 4 is 33.3 Å². The van der Waals surface area contributed by atoms with Gasteiger partial charge in [0.15, 0.2) is 0 Å². The molecule has 23 heavy (non-hydrogen) atoms. The number of rotatable bonds is 11. The Balaban J connectivity index is 0.00000108. The average Bonchev–Trinajstić information content (AvgIpc) is 2.54. The van der Waals surface area contributed by atoms with Crippen LogP contribution < -0.4 is 9.89 Å². The van der Waals surface area contributed by atoms with E-state index >= 15 is 0 Å². The Labute approximate surface area is 160 Å². The molecule has 0 unspecified atom stereocenters. The van der Waals surface area contributed by atoms with Crippen molar-refractivity contribution in [1.29, 1.82) is 0 Å². The van der Waals surface area contributed by atoms with Gasteiger partial charge in [-0.2, -0.15) is 0 Å². The van der Waals surface area contributed by atoms with Gasteiger partial charge in [-0.05, 0) is 0 Å². The third kappa shape index (κ3) is 15.4. The number of thiocarbonyl (C=S) groups is 1. The van der Waals surface area contributed by atoms with Gasteiger partial charge in [0.2, 0.25) is 0 Å². The standard InChI is InChI=1S/C6H5.2C6H13.CH3NS2.Zn/c1-2-4-6-5-3-1;2*1-3-5-6-4-2;2-1(3)4;/h1-5H;2*1,3-6H2,2H3;(H3,2,3,4);. The molecule has 0 aliphatic carbocycles. The van der Waals surface area contributed by atoms with Crippen LogP contribution in [-0.4, -0.2) is 4.32 Å². The third-order valence-corrected chi connectivity index (χ3v) is 13.6. The number of benzene rings is 1. The molecule has 1 aromatic rings. The maximum Gasteiger partial charge on any atom is 0.128 e. The summed E-state index contributed by atoms with van der Waals surface area (Å²) < 4.78 is 1.97. The van der Waals surface area contributed by atoms with Gasteiger partial charge in [-0.25, -0.2) is 0 Å². The van der Waals surface area contributed by atoms with E-state index in [2.05, 4.69) is 69.0 Å². The third-order valence-electron chi connectivity index (χ3n) is 4.48. The molecule has 0 radical (unpaired) electrons. The summed E-state index contributed by atoms with van der Waals surface area (Å²) in [6.07, 6.45) is 11.5. The molecule has 1 aromatic carbocycles. The molecule has 0 aliphatic heterocycles. The van der Waals surface area contributed by atoms with Crippen LogP contribution in [0.1, 0.15) is 65.2 Å². The Hall–Kier alpha value is 0.0834. The second kappa shape index (κ2) is 16.9. The average molecular weight is 406 g/mol. The van der Waals surface area contributed by atoms with Crippen LogP contribution in [0.25, 0.3) is 0 Å². The van der Waals surface area contributed by atoms with Gasteiger partial charge < -0.3 is 5.73 Å². The molecule has 129 valence electrons. The summed E-state index contributed by atoms with van der Waals surface area (Å²) >= 11 is 6.24. The van der Waals surface area contributed by atoms with Crippen molar-refractivity contribution in [1.82, 2.24) is 0 Å². The molecule has 0 saturated heterocycles. The summed E-state index contributed by atoms with van der Waals surface area (Å²) in [6.45, 7) is 4.62. The minimum atomic E-state index is -1.42. The zero-order valence-electron chi connectivity index (χ0n) is 15.1. The Morgan fingerprint density at radius 2 is 1.35 bits per heavy atom. The van der Waals surface area contributed by atoms with Crippen molar-refractivity contribution in [3.05, 3.63) is 30.3 Å². The molecule has 4 heteroatoms. The second-order valence-corrected chi connectivity index (χ2v) is 16.0. The summed E-state index contributed by atoms with van der Waals surface area (Å²) in [5, 5.41) is 3.19. The van der Waals surface area contributed by atoms with Crippen LogP contribution in [0, 0.1) is 0 Å². The number of nitrogens with two attached hydrogens (primary N) is 1. The van der Waals surface area contributed by atoms with Gasteiger partial charge in [0.25, 0.3) is 0 Å². The van der Waals surface area contributed by atoms with Crippen molar-refractivity contribution in [2.45, 2.75) is 75.2 Å². The van der Waals surface area contributed by atoms with E-state index in [1.807, 2.05) is 0 Å². The molecule has 0 atom stereocenters. The Morgan fingerprint density at radius 3 is 1.74 bits per heavy atom. The summed E-state index contributed by atoms with van der Waals surface area (Å²) in [5.41, 5.74) is 4.71. The van der Waals surface area contributed by atoms with E-state index in [0.29, 0.717) is 0 Å². The zero-order valence-corrected chi connectivity index (χ0v) is 19.8. The summed E-state index contributed by atoms with van der Waals surface area (Å²) in [7, 11) is 0. The Kier molecular flexibility index (Phi) is 17.0. The van der Waals surface area contributed by atoms with Crippen molar-refractivity contribution < 1.29 is 16.0 Å². The molecular formula is C19H34NS2Zn. The van der Waals surface area contributed by atoms with Crippen molar-refractivity contribution in [3.8, 4) is 0 Å². The fraction of sp³-hybridized carbons (Fsp3) is 0.632. The second-order valence-electron chi connectivity index (χ2n) is 6.51. The maximum atomic E-state index is 4.71. The van der Waals surface area contributed by atoms with E-state index in [0.717, 1.165) is 0 Å². The normalized spacial score (nSPS) is 9.87. The smallest absolute Gasteiger partial charge is 0.128 e. The topological polar surface area (TPSA) is 26.0 Å². The van der Waals surface area contributed by atoms with Gasteiger partial charge in [-0.1, -0.05) is 12.2 Å². The van der Waals surface area contributed by atoms with Gasteiger partial charge in [0.1, 0.15) is 4.32 Å². The zero-order chi connectivity index (χ0) is 17.3. The van der Waals surface area contributed by atoms with Gasteiger partial charge >= 0.3 is 126 Å². The van der Waals surface area contributed by atoms with Crippen molar-refractivity contribution in [3.63, 3.8) is 0 Å². The van der Waals surface area contributed by atoms with Gasteiger partial charge in [0, 0.05) is 0 Å². The Bertz CT molecular complexity index is 368. The van der Waals surface area contributed by atoms with E-state index in [1.165, 1.54) is 51.4 Å². The van der Waals surface area contributed by atoms with E-state index in [4.69, 9.17) is 5.73 Å². The molecule has 0 fully saturated rings. The van der Waals surface area contributed by atoms with Crippen LogP contribution in [0.4, 0.5) is 0 Å². The molecule has 2 N–H and O–H groups in total.